The number of rotatable bonds is 8. The molecule has 0 atom stereocenters. The second-order valence-corrected chi connectivity index (χ2v) is 10.1. The Morgan fingerprint density at radius 2 is 1.72 bits per heavy atom. The van der Waals surface area contributed by atoms with E-state index in [1.165, 1.54) is 11.9 Å². The summed E-state index contributed by atoms with van der Waals surface area (Å²) < 4.78 is 65.4. The number of carbonyl (C=O) groups excluding carboxylic acids is 1. The van der Waals surface area contributed by atoms with Crippen molar-refractivity contribution in [2.24, 2.45) is 0 Å². The number of amides is 1. The number of benzene rings is 2. The van der Waals surface area contributed by atoms with Crippen LogP contribution in [0.15, 0.2) is 54.7 Å². The van der Waals surface area contributed by atoms with Crippen LogP contribution >= 0.6 is 0 Å². The number of hydrogen-bond donors (Lipinski definition) is 2. The van der Waals surface area contributed by atoms with Crippen molar-refractivity contribution in [2.75, 3.05) is 42.3 Å². The van der Waals surface area contributed by atoms with Crippen LogP contribution in [0.3, 0.4) is 0 Å². The largest absolute Gasteiger partial charge is 0.421 e. The Balaban J connectivity index is 1.83. The molecule has 0 aliphatic carbocycles. The average Bonchev–Trinajstić information content (AvgIpc) is 2.81. The fourth-order valence-corrected chi connectivity index (χ4v) is 3.60. The van der Waals surface area contributed by atoms with Gasteiger partial charge in [0.1, 0.15) is 11.4 Å². The van der Waals surface area contributed by atoms with Crippen molar-refractivity contribution < 1.29 is 26.4 Å². The number of halogens is 3. The number of sulfonamides is 1. The lowest BCUT2D eigenvalue weighted by atomic mass is 10.2. The normalized spacial score (nSPS) is 11.6. The molecule has 0 unspecified atom stereocenters. The molecule has 1 heterocycles. The fraction of sp³-hybridized carbons (Fsp3) is 0.261. The van der Waals surface area contributed by atoms with Crippen molar-refractivity contribution in [2.45, 2.75) is 12.7 Å². The van der Waals surface area contributed by atoms with Gasteiger partial charge in [0.05, 0.1) is 11.9 Å². The van der Waals surface area contributed by atoms with E-state index in [9.17, 15) is 26.4 Å². The van der Waals surface area contributed by atoms with Crippen LogP contribution in [0.4, 0.5) is 36.3 Å². The minimum atomic E-state index is -4.70. The van der Waals surface area contributed by atoms with E-state index < -0.39 is 27.6 Å². The maximum absolute atomic E-state index is 13.6. The second-order valence-electron chi connectivity index (χ2n) is 8.11. The molecule has 0 bridgehead atoms. The van der Waals surface area contributed by atoms with E-state index in [1.54, 1.807) is 62.6 Å². The molecule has 2 aromatic carbocycles. The zero-order chi connectivity index (χ0) is 26.7. The molecular formula is C23H25F3N6O3S. The van der Waals surface area contributed by atoms with E-state index in [0.717, 1.165) is 10.6 Å². The van der Waals surface area contributed by atoms with Gasteiger partial charge in [0, 0.05) is 45.1 Å². The van der Waals surface area contributed by atoms with Crippen LogP contribution in [0.5, 0.6) is 0 Å². The molecule has 0 saturated carbocycles. The molecule has 2 N–H and O–H groups in total. The molecule has 0 spiro atoms. The number of nitrogens with zero attached hydrogens (tertiary/aromatic N) is 4. The van der Waals surface area contributed by atoms with E-state index in [4.69, 9.17) is 0 Å². The number of hydrogen-bond acceptors (Lipinski definition) is 7. The summed E-state index contributed by atoms with van der Waals surface area (Å²) >= 11 is 0. The van der Waals surface area contributed by atoms with Crippen molar-refractivity contribution >= 4 is 39.1 Å². The van der Waals surface area contributed by atoms with Crippen LogP contribution in [-0.2, 0) is 22.7 Å². The van der Waals surface area contributed by atoms with Crippen LogP contribution in [0.1, 0.15) is 21.5 Å². The van der Waals surface area contributed by atoms with E-state index in [0.29, 0.717) is 28.7 Å². The molecular weight excluding hydrogens is 497 g/mol. The zero-order valence-corrected chi connectivity index (χ0v) is 20.8. The molecule has 1 amide bonds. The maximum atomic E-state index is 13.6. The second kappa shape index (κ2) is 10.4. The van der Waals surface area contributed by atoms with Gasteiger partial charge in [0.25, 0.3) is 5.91 Å². The van der Waals surface area contributed by atoms with Gasteiger partial charge in [-0.3, -0.25) is 9.10 Å². The van der Waals surface area contributed by atoms with Gasteiger partial charge < -0.3 is 15.5 Å². The summed E-state index contributed by atoms with van der Waals surface area (Å²) in [5.74, 6) is -0.713. The lowest BCUT2D eigenvalue weighted by Gasteiger charge is -2.18. The van der Waals surface area contributed by atoms with Crippen LogP contribution in [0.25, 0.3) is 0 Å². The molecule has 0 aliphatic rings. The first-order chi connectivity index (χ1) is 16.8. The van der Waals surface area contributed by atoms with Gasteiger partial charge in [-0.2, -0.15) is 18.2 Å². The lowest BCUT2D eigenvalue weighted by molar-refractivity contribution is -0.137. The summed E-state index contributed by atoms with van der Waals surface area (Å²) in [6, 6.07) is 12.7. The van der Waals surface area contributed by atoms with E-state index in [-0.39, 0.29) is 18.4 Å². The van der Waals surface area contributed by atoms with Gasteiger partial charge in [-0.05, 0) is 42.0 Å². The Bertz CT molecular complexity index is 1350. The van der Waals surface area contributed by atoms with Crippen molar-refractivity contribution in [1.29, 1.82) is 0 Å². The minimum Gasteiger partial charge on any atom is -0.365 e. The number of nitrogens with one attached hydrogen (secondary N) is 2. The highest BCUT2D eigenvalue weighted by Crippen LogP contribution is 2.34. The van der Waals surface area contributed by atoms with Crippen molar-refractivity contribution in [3.05, 3.63) is 71.4 Å². The third kappa shape index (κ3) is 6.62. The molecule has 1 aromatic heterocycles. The standard InChI is InChI=1S/C23H25F3N6O3S/c1-31(2)21(33)16-8-10-17(11-9-16)29-22-28-14-19(23(24,25)26)20(30-22)27-13-15-6-5-7-18(12-15)32(3)36(4,34)35/h5-12,14H,13H2,1-4H3,(H2,27,28,29,30). The summed E-state index contributed by atoms with van der Waals surface area (Å²) in [5.41, 5.74) is 0.793. The summed E-state index contributed by atoms with van der Waals surface area (Å²) in [6.07, 6.45) is -2.97. The third-order valence-corrected chi connectivity index (χ3v) is 6.33. The Kier molecular flexibility index (Phi) is 7.72. The van der Waals surface area contributed by atoms with Gasteiger partial charge >= 0.3 is 6.18 Å². The number of aromatic nitrogens is 2. The molecule has 13 heteroatoms. The molecule has 0 fully saturated rings. The van der Waals surface area contributed by atoms with Crippen molar-refractivity contribution in [3.8, 4) is 0 Å². The fourth-order valence-electron chi connectivity index (χ4n) is 3.11. The molecule has 36 heavy (non-hydrogen) atoms. The van der Waals surface area contributed by atoms with E-state index in [1.807, 2.05) is 0 Å². The zero-order valence-electron chi connectivity index (χ0n) is 20.0. The molecule has 9 nitrogen and oxygen atoms in total. The number of anilines is 4. The SMILES string of the molecule is CN(C)C(=O)c1ccc(Nc2ncc(C(F)(F)F)c(NCc3cccc(N(C)S(C)(=O)=O)c3)n2)cc1. The Morgan fingerprint density at radius 1 is 1.06 bits per heavy atom. The quantitative estimate of drug-likeness (QED) is 0.461. The summed E-state index contributed by atoms with van der Waals surface area (Å²) in [7, 11) is 1.13. The summed E-state index contributed by atoms with van der Waals surface area (Å²) in [6.45, 7) is -0.0493. The van der Waals surface area contributed by atoms with Crippen molar-refractivity contribution in [1.82, 2.24) is 14.9 Å². The molecule has 0 radical (unpaired) electrons. The van der Waals surface area contributed by atoms with Gasteiger partial charge in [-0.1, -0.05) is 12.1 Å². The van der Waals surface area contributed by atoms with E-state index in [2.05, 4.69) is 20.6 Å². The van der Waals surface area contributed by atoms with Gasteiger partial charge in [0.2, 0.25) is 16.0 Å². The average molecular weight is 523 g/mol. The number of carbonyl (C=O) groups is 1. The van der Waals surface area contributed by atoms with Crippen LogP contribution in [0, 0.1) is 0 Å². The predicted molar refractivity (Wildman–Crippen MR) is 132 cm³/mol. The van der Waals surface area contributed by atoms with Crippen LogP contribution in [0.2, 0.25) is 0 Å². The monoisotopic (exact) mass is 522 g/mol. The molecule has 192 valence electrons. The Labute approximate surface area is 207 Å². The highest BCUT2D eigenvalue weighted by molar-refractivity contribution is 7.92. The third-order valence-electron chi connectivity index (χ3n) is 5.12. The topological polar surface area (TPSA) is 108 Å². The molecule has 0 aliphatic heterocycles. The van der Waals surface area contributed by atoms with E-state index >= 15 is 0 Å². The van der Waals surface area contributed by atoms with Crippen molar-refractivity contribution in [3.63, 3.8) is 0 Å². The summed E-state index contributed by atoms with van der Waals surface area (Å²) in [5, 5.41) is 5.50. The summed E-state index contributed by atoms with van der Waals surface area (Å²) in [4.78, 5) is 21.2. The Morgan fingerprint density at radius 3 is 2.31 bits per heavy atom. The maximum Gasteiger partial charge on any atom is 0.421 e. The predicted octanol–water partition coefficient (Wildman–Crippen LogP) is 3.95. The smallest absolute Gasteiger partial charge is 0.365 e. The van der Waals surface area contributed by atoms with Gasteiger partial charge in [-0.25, -0.2) is 13.4 Å². The Hall–Kier alpha value is -3.87. The molecule has 3 aromatic rings. The first-order valence-corrected chi connectivity index (χ1v) is 12.4. The molecule has 0 saturated heterocycles. The highest BCUT2D eigenvalue weighted by atomic mass is 32.2. The van der Waals surface area contributed by atoms with Crippen LogP contribution < -0.4 is 14.9 Å². The first kappa shape index (κ1) is 26.7. The molecule has 3 rings (SSSR count). The number of alkyl halides is 3. The van der Waals surface area contributed by atoms with Gasteiger partial charge in [-0.15, -0.1) is 0 Å². The van der Waals surface area contributed by atoms with Gasteiger partial charge in [0.15, 0.2) is 0 Å². The lowest BCUT2D eigenvalue weighted by Crippen LogP contribution is -2.24. The van der Waals surface area contributed by atoms with Crippen LogP contribution in [-0.4, -0.2) is 56.6 Å². The highest BCUT2D eigenvalue weighted by Gasteiger charge is 2.35. The minimum absolute atomic E-state index is 0.0493. The first-order valence-electron chi connectivity index (χ1n) is 10.6.